The molecule has 24 heavy (non-hydrogen) atoms. The second-order valence-electron chi connectivity index (χ2n) is 5.56. The van der Waals surface area contributed by atoms with E-state index in [2.05, 4.69) is 39.1 Å². The summed E-state index contributed by atoms with van der Waals surface area (Å²) < 4.78 is 4.94. The smallest absolute Gasteiger partial charge is 0.316 e. The van der Waals surface area contributed by atoms with E-state index in [1.807, 2.05) is 0 Å². The zero-order valence-corrected chi connectivity index (χ0v) is 14.6. The van der Waals surface area contributed by atoms with Gasteiger partial charge in [0.25, 0.3) is 0 Å². The normalized spacial score (nSPS) is 14.0. The number of ether oxygens (including phenoxy) is 1. The van der Waals surface area contributed by atoms with Crippen LogP contribution in [0.3, 0.4) is 0 Å². The van der Waals surface area contributed by atoms with Crippen molar-refractivity contribution in [1.82, 2.24) is 9.97 Å². The van der Waals surface area contributed by atoms with Gasteiger partial charge in [0.15, 0.2) is 0 Å². The monoisotopic (exact) mass is 343 g/mol. The van der Waals surface area contributed by atoms with Crippen LogP contribution in [0.2, 0.25) is 0 Å². The summed E-state index contributed by atoms with van der Waals surface area (Å²) in [6.07, 6.45) is 5.51. The maximum absolute atomic E-state index is 11.5. The first-order valence-electron chi connectivity index (χ1n) is 8.18. The van der Waals surface area contributed by atoms with Crippen LogP contribution in [0, 0.1) is 0 Å². The molecule has 0 spiro atoms. The van der Waals surface area contributed by atoms with Crippen molar-refractivity contribution >= 4 is 23.5 Å². The lowest BCUT2D eigenvalue weighted by molar-refractivity contribution is -0.139. The fourth-order valence-corrected chi connectivity index (χ4v) is 3.44. The molecule has 0 amide bonds. The highest BCUT2D eigenvalue weighted by Gasteiger charge is 2.16. The van der Waals surface area contributed by atoms with Crippen LogP contribution in [-0.4, -0.2) is 41.4 Å². The average molecular weight is 343 g/mol. The molecule has 6 heteroatoms. The Balaban J connectivity index is 1.65. The summed E-state index contributed by atoms with van der Waals surface area (Å²) in [5, 5.41) is 0.752. The highest BCUT2D eigenvalue weighted by molar-refractivity contribution is 7.99. The van der Waals surface area contributed by atoms with Crippen molar-refractivity contribution in [3.63, 3.8) is 0 Å². The molecular formula is C18H21N3O2S. The van der Waals surface area contributed by atoms with E-state index < -0.39 is 0 Å². The first-order chi connectivity index (χ1) is 11.8. The van der Waals surface area contributed by atoms with Crippen LogP contribution in [0.25, 0.3) is 0 Å². The number of hydrogen-bond acceptors (Lipinski definition) is 6. The maximum atomic E-state index is 11.5. The number of thioether (sulfide) groups is 1. The molecule has 1 aromatic heterocycles. The summed E-state index contributed by atoms with van der Waals surface area (Å²) in [7, 11) is 0. The summed E-state index contributed by atoms with van der Waals surface area (Å²) in [4.78, 5) is 22.7. The summed E-state index contributed by atoms with van der Waals surface area (Å²) in [5.74, 6) is 0.911. The molecule has 1 aliphatic rings. The Morgan fingerprint density at radius 2 is 1.92 bits per heavy atom. The topological polar surface area (TPSA) is 55.3 Å². The number of anilines is 1. The van der Waals surface area contributed by atoms with Crippen LogP contribution in [0.5, 0.6) is 0 Å². The van der Waals surface area contributed by atoms with Gasteiger partial charge in [-0.1, -0.05) is 36.0 Å². The van der Waals surface area contributed by atoms with Crippen molar-refractivity contribution in [2.24, 2.45) is 0 Å². The fraction of sp³-hybridized carbons (Fsp3) is 0.389. The molecule has 1 aromatic carbocycles. The lowest BCUT2D eigenvalue weighted by Gasteiger charge is -2.21. The predicted octanol–water partition coefficient (Wildman–Crippen LogP) is 2.74. The van der Waals surface area contributed by atoms with Gasteiger partial charge in [-0.2, -0.15) is 0 Å². The van der Waals surface area contributed by atoms with E-state index in [0.29, 0.717) is 6.61 Å². The van der Waals surface area contributed by atoms with Gasteiger partial charge in [-0.25, -0.2) is 4.98 Å². The van der Waals surface area contributed by atoms with E-state index in [9.17, 15) is 4.79 Å². The Morgan fingerprint density at radius 1 is 1.21 bits per heavy atom. The summed E-state index contributed by atoms with van der Waals surface area (Å²) in [6, 6.07) is 8.61. The first kappa shape index (κ1) is 16.8. The van der Waals surface area contributed by atoms with Gasteiger partial charge >= 0.3 is 5.97 Å². The Morgan fingerprint density at radius 3 is 2.58 bits per heavy atom. The van der Waals surface area contributed by atoms with Gasteiger partial charge in [0.2, 0.25) is 0 Å². The number of esters is 1. The predicted molar refractivity (Wildman–Crippen MR) is 95.5 cm³/mol. The molecule has 3 rings (SSSR count). The quantitative estimate of drug-likeness (QED) is 0.615. The zero-order chi connectivity index (χ0) is 16.8. The van der Waals surface area contributed by atoms with Gasteiger partial charge in [0, 0.05) is 13.1 Å². The van der Waals surface area contributed by atoms with E-state index >= 15 is 0 Å². The van der Waals surface area contributed by atoms with Crippen LogP contribution in [-0.2, 0) is 22.4 Å². The molecule has 2 heterocycles. The van der Waals surface area contributed by atoms with Gasteiger partial charge in [0.05, 0.1) is 24.8 Å². The second kappa shape index (κ2) is 8.15. The molecular weight excluding hydrogens is 322 g/mol. The van der Waals surface area contributed by atoms with Gasteiger partial charge < -0.3 is 9.64 Å². The third kappa shape index (κ3) is 4.26. The minimum atomic E-state index is -0.222. The summed E-state index contributed by atoms with van der Waals surface area (Å²) >= 11 is 1.36. The van der Waals surface area contributed by atoms with Crippen LogP contribution >= 0.6 is 11.8 Å². The Hall–Kier alpha value is -2.08. The third-order valence-corrected chi connectivity index (χ3v) is 4.86. The minimum absolute atomic E-state index is 0.222. The molecule has 0 bridgehead atoms. The van der Waals surface area contributed by atoms with Crippen molar-refractivity contribution < 1.29 is 9.53 Å². The van der Waals surface area contributed by atoms with Crippen molar-refractivity contribution in [1.29, 1.82) is 0 Å². The zero-order valence-electron chi connectivity index (χ0n) is 13.8. The lowest BCUT2D eigenvalue weighted by Crippen LogP contribution is -2.27. The molecule has 0 saturated carbocycles. The first-order valence-corrected chi connectivity index (χ1v) is 9.17. The van der Waals surface area contributed by atoms with Gasteiger partial charge in [-0.15, -0.1) is 0 Å². The molecule has 0 N–H and O–H groups in total. The van der Waals surface area contributed by atoms with Crippen molar-refractivity contribution in [3.05, 3.63) is 47.8 Å². The van der Waals surface area contributed by atoms with Gasteiger partial charge in [-0.3, -0.25) is 9.78 Å². The Labute approximate surface area is 146 Å². The molecule has 1 aliphatic heterocycles. The Kier molecular flexibility index (Phi) is 5.69. The fourth-order valence-electron chi connectivity index (χ4n) is 2.79. The standard InChI is InChI=1S/C18H21N3O2S/c1-2-23-18(22)13-24-17-12-19-11-16(20-17)21-9-7-14-5-3-4-6-15(14)8-10-21/h3-6,11-12H,2,7-10,13H2,1H3. The summed E-state index contributed by atoms with van der Waals surface area (Å²) in [6.45, 7) is 4.06. The van der Waals surface area contributed by atoms with E-state index in [-0.39, 0.29) is 11.7 Å². The molecule has 0 fully saturated rings. The lowest BCUT2D eigenvalue weighted by atomic mass is 10.0. The van der Waals surface area contributed by atoms with E-state index in [1.165, 1.54) is 22.9 Å². The van der Waals surface area contributed by atoms with Crippen LogP contribution < -0.4 is 4.90 Å². The van der Waals surface area contributed by atoms with Gasteiger partial charge in [-0.05, 0) is 30.9 Å². The van der Waals surface area contributed by atoms with Crippen LogP contribution in [0.1, 0.15) is 18.1 Å². The minimum Gasteiger partial charge on any atom is -0.465 e. The van der Waals surface area contributed by atoms with Crippen molar-refractivity contribution in [2.45, 2.75) is 24.8 Å². The number of benzene rings is 1. The Bertz CT molecular complexity index is 681. The third-order valence-electron chi connectivity index (χ3n) is 3.99. The molecule has 2 aromatic rings. The molecule has 0 radical (unpaired) electrons. The number of carbonyl (C=O) groups is 1. The molecule has 5 nitrogen and oxygen atoms in total. The van der Waals surface area contributed by atoms with E-state index in [1.54, 1.807) is 19.3 Å². The maximum Gasteiger partial charge on any atom is 0.316 e. The molecule has 0 aliphatic carbocycles. The van der Waals surface area contributed by atoms with Crippen LogP contribution in [0.4, 0.5) is 5.82 Å². The average Bonchev–Trinajstić information content (AvgIpc) is 2.83. The second-order valence-corrected chi connectivity index (χ2v) is 6.56. The number of rotatable bonds is 5. The molecule has 0 unspecified atom stereocenters. The van der Waals surface area contributed by atoms with Crippen molar-refractivity contribution in [2.75, 3.05) is 30.3 Å². The number of nitrogens with zero attached hydrogens (tertiary/aromatic N) is 3. The highest BCUT2D eigenvalue weighted by atomic mass is 32.2. The largest absolute Gasteiger partial charge is 0.465 e. The molecule has 0 atom stereocenters. The number of hydrogen-bond donors (Lipinski definition) is 0. The molecule has 126 valence electrons. The van der Waals surface area contributed by atoms with Crippen LogP contribution in [0.15, 0.2) is 41.7 Å². The molecule has 0 saturated heterocycles. The summed E-state index contributed by atoms with van der Waals surface area (Å²) in [5.41, 5.74) is 2.83. The number of aromatic nitrogens is 2. The highest BCUT2D eigenvalue weighted by Crippen LogP contribution is 2.22. The van der Waals surface area contributed by atoms with Gasteiger partial charge in [0.1, 0.15) is 10.8 Å². The number of carbonyl (C=O) groups excluding carboxylic acids is 1. The number of fused-ring (bicyclic) bond motifs is 1. The SMILES string of the molecule is CCOC(=O)CSc1cncc(N2CCc3ccccc3CC2)n1. The van der Waals surface area contributed by atoms with Crippen molar-refractivity contribution in [3.8, 4) is 0 Å². The van der Waals surface area contributed by atoms with E-state index in [4.69, 9.17) is 4.74 Å². The van der Waals surface area contributed by atoms with E-state index in [0.717, 1.165) is 36.8 Å².